The third-order valence-electron chi connectivity index (χ3n) is 6.50. The fourth-order valence-corrected chi connectivity index (χ4v) is 6.01. The monoisotopic (exact) mass is 336 g/mol. The highest BCUT2D eigenvalue weighted by atomic mass is 19.4. The molecule has 2 aromatic rings. The minimum Gasteiger partial charge on any atom is -0.336 e. The van der Waals surface area contributed by atoms with E-state index in [4.69, 9.17) is 4.52 Å². The molecule has 4 aliphatic rings. The van der Waals surface area contributed by atoms with Crippen molar-refractivity contribution in [1.82, 2.24) is 10.1 Å². The highest BCUT2D eigenvalue weighted by Crippen LogP contribution is 2.60. The zero-order chi connectivity index (χ0) is 16.7. The van der Waals surface area contributed by atoms with Gasteiger partial charge in [-0.25, -0.2) is 4.98 Å². The number of aryl methyl sites for hydroxylation is 1. The standard InChI is InChI=1S/C18H19F3N2O/c1-9-15-13(18(19,20)21)5-14(22-16(15)24-23-9)17-6-10-2-11(7-17)4-12(3-10)8-17/h5,10-12H,2-4,6-8H2,1H3. The van der Waals surface area contributed by atoms with E-state index in [0.717, 1.165) is 19.3 Å². The molecule has 0 atom stereocenters. The topological polar surface area (TPSA) is 38.9 Å². The smallest absolute Gasteiger partial charge is 0.336 e. The van der Waals surface area contributed by atoms with Crippen LogP contribution in [0.1, 0.15) is 55.5 Å². The van der Waals surface area contributed by atoms with Crippen LogP contribution >= 0.6 is 0 Å². The van der Waals surface area contributed by atoms with Gasteiger partial charge in [0.1, 0.15) is 0 Å². The maximum atomic E-state index is 13.6. The Hall–Kier alpha value is -1.59. The first-order valence-corrected chi connectivity index (χ1v) is 8.69. The van der Waals surface area contributed by atoms with E-state index >= 15 is 0 Å². The van der Waals surface area contributed by atoms with E-state index in [1.807, 2.05) is 0 Å². The van der Waals surface area contributed by atoms with Crippen LogP contribution in [0.15, 0.2) is 10.6 Å². The van der Waals surface area contributed by atoms with Crippen LogP contribution in [0.5, 0.6) is 0 Å². The summed E-state index contributed by atoms with van der Waals surface area (Å²) < 4.78 is 46.0. The first-order valence-electron chi connectivity index (χ1n) is 8.69. The van der Waals surface area contributed by atoms with Gasteiger partial charge in [0, 0.05) is 5.41 Å². The van der Waals surface area contributed by atoms with Crippen LogP contribution in [0.25, 0.3) is 11.1 Å². The first-order chi connectivity index (χ1) is 11.3. The van der Waals surface area contributed by atoms with E-state index in [1.54, 1.807) is 0 Å². The van der Waals surface area contributed by atoms with Gasteiger partial charge < -0.3 is 4.52 Å². The van der Waals surface area contributed by atoms with Crippen LogP contribution in [-0.4, -0.2) is 10.1 Å². The molecule has 6 heteroatoms. The molecule has 6 rings (SSSR count). The van der Waals surface area contributed by atoms with Gasteiger partial charge in [-0.05, 0) is 69.3 Å². The Morgan fingerprint density at radius 2 is 1.67 bits per heavy atom. The highest BCUT2D eigenvalue weighted by Gasteiger charge is 2.53. The average Bonchev–Trinajstić information content (AvgIpc) is 2.85. The summed E-state index contributed by atoms with van der Waals surface area (Å²) in [5.41, 5.74) is 0.0356. The molecule has 0 amide bonds. The molecule has 4 bridgehead atoms. The second kappa shape index (κ2) is 4.52. The van der Waals surface area contributed by atoms with Crippen molar-refractivity contribution < 1.29 is 17.7 Å². The number of alkyl halides is 3. The molecule has 0 unspecified atom stereocenters. The molecular formula is C18H19F3N2O. The van der Waals surface area contributed by atoms with Gasteiger partial charge in [-0.15, -0.1) is 0 Å². The normalized spacial score (nSPS) is 35.1. The lowest BCUT2D eigenvalue weighted by Crippen LogP contribution is -2.49. The van der Waals surface area contributed by atoms with E-state index in [0.29, 0.717) is 23.4 Å². The molecule has 0 saturated heterocycles. The second-order valence-electron chi connectivity index (χ2n) is 8.20. The van der Waals surface area contributed by atoms with E-state index < -0.39 is 11.7 Å². The maximum Gasteiger partial charge on any atom is 0.417 e. The Kier molecular flexibility index (Phi) is 2.78. The number of hydrogen-bond donors (Lipinski definition) is 0. The summed E-state index contributed by atoms with van der Waals surface area (Å²) >= 11 is 0. The molecule has 4 aliphatic carbocycles. The third kappa shape index (κ3) is 1.97. The molecule has 128 valence electrons. The number of fused-ring (bicyclic) bond motifs is 1. The molecule has 3 nitrogen and oxygen atoms in total. The van der Waals surface area contributed by atoms with Gasteiger partial charge in [0.05, 0.1) is 22.3 Å². The Morgan fingerprint density at radius 3 is 2.21 bits per heavy atom. The summed E-state index contributed by atoms with van der Waals surface area (Å²) in [4.78, 5) is 4.53. The summed E-state index contributed by atoms with van der Waals surface area (Å²) in [5, 5.41) is 3.73. The lowest BCUT2D eigenvalue weighted by Gasteiger charge is -2.56. The van der Waals surface area contributed by atoms with Gasteiger partial charge in [-0.3, -0.25) is 0 Å². The van der Waals surface area contributed by atoms with Gasteiger partial charge in [0.25, 0.3) is 5.71 Å². The van der Waals surface area contributed by atoms with E-state index in [-0.39, 0.29) is 22.2 Å². The fraction of sp³-hybridized carbons (Fsp3) is 0.667. The predicted octanol–water partition coefficient (Wildman–Crippen LogP) is 5.02. The van der Waals surface area contributed by atoms with Gasteiger partial charge >= 0.3 is 6.18 Å². The molecule has 2 heterocycles. The van der Waals surface area contributed by atoms with Gasteiger partial charge in [-0.1, -0.05) is 5.16 Å². The van der Waals surface area contributed by atoms with Crippen LogP contribution in [-0.2, 0) is 11.6 Å². The number of halogens is 3. The van der Waals surface area contributed by atoms with Crippen LogP contribution < -0.4 is 0 Å². The minimum absolute atomic E-state index is 0.0102. The van der Waals surface area contributed by atoms with Crippen molar-refractivity contribution in [2.45, 2.75) is 57.0 Å². The average molecular weight is 336 g/mol. The van der Waals surface area contributed by atoms with Crippen LogP contribution in [0.2, 0.25) is 0 Å². The molecule has 2 aromatic heterocycles. The zero-order valence-corrected chi connectivity index (χ0v) is 13.5. The first kappa shape index (κ1) is 14.7. The Bertz CT molecular complexity index is 788. The number of hydrogen-bond acceptors (Lipinski definition) is 3. The van der Waals surface area contributed by atoms with Crippen molar-refractivity contribution in [2.24, 2.45) is 17.8 Å². The number of nitrogens with zero attached hydrogens (tertiary/aromatic N) is 2. The summed E-state index contributed by atoms with van der Waals surface area (Å²) in [7, 11) is 0. The number of aromatic nitrogens is 2. The van der Waals surface area contributed by atoms with Crippen molar-refractivity contribution in [3.8, 4) is 0 Å². The lowest BCUT2D eigenvalue weighted by atomic mass is 9.48. The van der Waals surface area contributed by atoms with Crippen LogP contribution in [0.3, 0.4) is 0 Å². The molecule has 4 fully saturated rings. The van der Waals surface area contributed by atoms with E-state index in [1.165, 1.54) is 32.3 Å². The third-order valence-corrected chi connectivity index (χ3v) is 6.50. The molecule has 0 aromatic carbocycles. The summed E-state index contributed by atoms with van der Waals surface area (Å²) in [6.07, 6.45) is 2.24. The number of pyridine rings is 1. The molecule has 0 radical (unpaired) electrons. The maximum absolute atomic E-state index is 13.6. The van der Waals surface area contributed by atoms with Crippen molar-refractivity contribution in [3.05, 3.63) is 23.0 Å². The molecular weight excluding hydrogens is 317 g/mol. The van der Waals surface area contributed by atoms with Crippen molar-refractivity contribution >= 4 is 11.1 Å². The van der Waals surface area contributed by atoms with Gasteiger partial charge in [-0.2, -0.15) is 13.2 Å². The van der Waals surface area contributed by atoms with Crippen LogP contribution in [0.4, 0.5) is 13.2 Å². The van der Waals surface area contributed by atoms with Gasteiger partial charge in [0.15, 0.2) is 0 Å². The fourth-order valence-electron chi connectivity index (χ4n) is 6.01. The Balaban J connectivity index is 1.70. The summed E-state index contributed by atoms with van der Waals surface area (Å²) in [5.74, 6) is 1.96. The van der Waals surface area contributed by atoms with Crippen molar-refractivity contribution in [3.63, 3.8) is 0 Å². The van der Waals surface area contributed by atoms with E-state index in [9.17, 15) is 13.2 Å². The highest BCUT2D eigenvalue weighted by molar-refractivity contribution is 5.81. The SMILES string of the molecule is Cc1noc2nc(C34CC5CC(CC(C5)C3)C4)cc(C(F)(F)F)c12. The molecule has 0 aliphatic heterocycles. The summed E-state index contributed by atoms with van der Waals surface area (Å²) in [6.45, 7) is 1.53. The Morgan fingerprint density at radius 1 is 1.08 bits per heavy atom. The largest absolute Gasteiger partial charge is 0.417 e. The molecule has 4 saturated carbocycles. The van der Waals surface area contributed by atoms with Crippen molar-refractivity contribution in [2.75, 3.05) is 0 Å². The summed E-state index contributed by atoms with van der Waals surface area (Å²) in [6, 6.07) is 1.29. The lowest BCUT2D eigenvalue weighted by molar-refractivity contribution is -0.136. The molecule has 24 heavy (non-hydrogen) atoms. The van der Waals surface area contributed by atoms with Crippen molar-refractivity contribution in [1.29, 1.82) is 0 Å². The Labute approximate surface area is 137 Å². The number of rotatable bonds is 1. The molecule has 0 spiro atoms. The zero-order valence-electron chi connectivity index (χ0n) is 13.5. The van der Waals surface area contributed by atoms with Crippen LogP contribution in [0, 0.1) is 24.7 Å². The predicted molar refractivity (Wildman–Crippen MR) is 81.4 cm³/mol. The quantitative estimate of drug-likeness (QED) is 0.734. The second-order valence-corrected chi connectivity index (χ2v) is 8.20. The van der Waals surface area contributed by atoms with E-state index in [2.05, 4.69) is 10.1 Å². The minimum atomic E-state index is -4.42. The van der Waals surface area contributed by atoms with Gasteiger partial charge in [0.2, 0.25) is 0 Å². The molecule has 0 N–H and O–H groups in total.